The first kappa shape index (κ1) is 17.5. The maximum atomic E-state index is 3.95. The highest BCUT2D eigenvalue weighted by Gasteiger charge is 2.01. The van der Waals surface area contributed by atoms with Crippen LogP contribution in [0.25, 0.3) is 10.9 Å². The van der Waals surface area contributed by atoms with Gasteiger partial charge in [-0.25, -0.2) is 0 Å². The zero-order valence-electron chi connectivity index (χ0n) is 13.5. The molecule has 0 amide bonds. The number of benzene rings is 1. The summed E-state index contributed by atoms with van der Waals surface area (Å²) in [4.78, 5) is 0. The van der Waals surface area contributed by atoms with Crippen molar-refractivity contribution in [3.8, 4) is 0 Å². The third-order valence-electron chi connectivity index (χ3n) is 2.97. The summed E-state index contributed by atoms with van der Waals surface area (Å²) in [5, 5.41) is 10.9. The lowest BCUT2D eigenvalue weighted by Crippen LogP contribution is -1.99. The van der Waals surface area contributed by atoms with E-state index in [9.17, 15) is 0 Å². The Balaban J connectivity index is 0.000000188. The second-order valence-electron chi connectivity index (χ2n) is 4.80. The van der Waals surface area contributed by atoms with Crippen LogP contribution in [0.15, 0.2) is 79.2 Å². The number of aromatic nitrogens is 2. The molecule has 2 N–H and O–H groups in total. The Morgan fingerprint density at radius 3 is 2.68 bits per heavy atom. The van der Waals surface area contributed by atoms with E-state index in [0.29, 0.717) is 0 Å². The van der Waals surface area contributed by atoms with E-state index in [4.69, 9.17) is 0 Å². The largest absolute Gasteiger partial charge is 0.393 e. The standard InChI is InChI=1S/C9H13N.C7H6N2.C3H6/c1-8-5-3-4-6-9(8)7-10-2;1-2-4-7-6(3-1)5-8-9-7;1-3-2/h4,6-7,10H,1,3,5H2,2H3;1-5H,(H,8,9);3H,1H2,2H3/b9-7-;;. The lowest BCUT2D eigenvalue weighted by Gasteiger charge is -2.09. The molecule has 0 saturated carbocycles. The maximum Gasteiger partial charge on any atom is 0.0650 e. The number of para-hydroxylation sites is 1. The van der Waals surface area contributed by atoms with E-state index >= 15 is 0 Å². The van der Waals surface area contributed by atoms with Gasteiger partial charge in [-0.3, -0.25) is 5.10 Å². The van der Waals surface area contributed by atoms with E-state index in [-0.39, 0.29) is 0 Å². The minimum Gasteiger partial charge on any atom is -0.393 e. The van der Waals surface area contributed by atoms with Crippen LogP contribution >= 0.6 is 0 Å². The molecule has 0 aliphatic heterocycles. The normalized spacial score (nSPS) is 14.6. The Morgan fingerprint density at radius 1 is 1.32 bits per heavy atom. The number of aromatic amines is 1. The van der Waals surface area contributed by atoms with Crippen LogP contribution in [0.4, 0.5) is 0 Å². The van der Waals surface area contributed by atoms with Gasteiger partial charge in [-0.05, 0) is 37.0 Å². The van der Waals surface area contributed by atoms with Gasteiger partial charge in [0.2, 0.25) is 0 Å². The van der Waals surface area contributed by atoms with Crippen LogP contribution in [0.5, 0.6) is 0 Å². The Labute approximate surface area is 133 Å². The van der Waals surface area contributed by atoms with Crippen LogP contribution < -0.4 is 5.32 Å². The summed E-state index contributed by atoms with van der Waals surface area (Å²) in [6.07, 6.45) is 12.1. The summed E-state index contributed by atoms with van der Waals surface area (Å²) in [5.74, 6) is 0. The third kappa shape index (κ3) is 5.83. The van der Waals surface area contributed by atoms with E-state index in [1.54, 1.807) is 6.08 Å². The predicted octanol–water partition coefficient (Wildman–Crippen LogP) is 4.75. The van der Waals surface area contributed by atoms with Crippen LogP contribution in [-0.2, 0) is 0 Å². The van der Waals surface area contributed by atoms with Gasteiger partial charge in [-0.2, -0.15) is 5.10 Å². The molecule has 0 unspecified atom stereocenters. The van der Waals surface area contributed by atoms with Gasteiger partial charge in [0, 0.05) is 18.6 Å². The van der Waals surface area contributed by atoms with Crippen molar-refractivity contribution in [1.29, 1.82) is 0 Å². The molecule has 0 bridgehead atoms. The van der Waals surface area contributed by atoms with Crippen molar-refractivity contribution in [2.45, 2.75) is 19.8 Å². The average Bonchev–Trinajstić information content (AvgIpc) is 3.00. The first-order valence-electron chi connectivity index (χ1n) is 7.40. The summed E-state index contributed by atoms with van der Waals surface area (Å²) < 4.78 is 0. The molecule has 0 radical (unpaired) electrons. The molecule has 0 fully saturated rings. The SMILES string of the molecule is C=C1CCC=C/C1=C/NC.C=CC.c1ccc2[nH]ncc2c1. The molecule has 0 atom stereocenters. The Hall–Kier alpha value is -2.55. The molecule has 3 nitrogen and oxygen atoms in total. The van der Waals surface area contributed by atoms with Crippen molar-refractivity contribution >= 4 is 10.9 Å². The molecule has 0 saturated heterocycles. The third-order valence-corrected chi connectivity index (χ3v) is 2.97. The number of hydrogen-bond donors (Lipinski definition) is 2. The van der Waals surface area contributed by atoms with Gasteiger partial charge in [-0.15, -0.1) is 6.58 Å². The van der Waals surface area contributed by atoms with Crippen LogP contribution in [0.1, 0.15) is 19.8 Å². The summed E-state index contributed by atoms with van der Waals surface area (Å²) in [6, 6.07) is 8.01. The molecular weight excluding hydrogens is 270 g/mol. The highest BCUT2D eigenvalue weighted by atomic mass is 15.1. The smallest absolute Gasteiger partial charge is 0.0650 e. The molecule has 1 aromatic heterocycles. The molecule has 1 aliphatic carbocycles. The number of rotatable bonds is 1. The van der Waals surface area contributed by atoms with Crippen molar-refractivity contribution in [2.75, 3.05) is 7.05 Å². The quantitative estimate of drug-likeness (QED) is 0.745. The van der Waals surface area contributed by atoms with E-state index < -0.39 is 0 Å². The summed E-state index contributed by atoms with van der Waals surface area (Å²) in [7, 11) is 1.91. The second-order valence-corrected chi connectivity index (χ2v) is 4.80. The van der Waals surface area contributed by atoms with E-state index in [2.05, 4.69) is 40.8 Å². The predicted molar refractivity (Wildman–Crippen MR) is 96.6 cm³/mol. The number of nitrogens with one attached hydrogen (secondary N) is 2. The molecule has 1 aliphatic rings. The average molecular weight is 295 g/mol. The zero-order chi connectivity index (χ0) is 16.2. The van der Waals surface area contributed by atoms with Gasteiger partial charge < -0.3 is 5.32 Å². The molecule has 3 rings (SSSR count). The monoisotopic (exact) mass is 295 g/mol. The van der Waals surface area contributed by atoms with Crippen molar-refractivity contribution in [1.82, 2.24) is 15.5 Å². The Kier molecular flexibility index (Phi) is 8.13. The van der Waals surface area contributed by atoms with Crippen molar-refractivity contribution in [3.05, 3.63) is 79.2 Å². The van der Waals surface area contributed by atoms with Crippen molar-refractivity contribution in [3.63, 3.8) is 0 Å². The van der Waals surface area contributed by atoms with Gasteiger partial charge in [0.25, 0.3) is 0 Å². The van der Waals surface area contributed by atoms with Crippen molar-refractivity contribution in [2.24, 2.45) is 0 Å². The number of fused-ring (bicyclic) bond motifs is 1. The molecule has 3 heteroatoms. The second kappa shape index (κ2) is 10.2. The van der Waals surface area contributed by atoms with E-state index in [1.807, 2.05) is 50.6 Å². The van der Waals surface area contributed by atoms with Gasteiger partial charge in [0.1, 0.15) is 0 Å². The molecule has 0 spiro atoms. The lowest BCUT2D eigenvalue weighted by atomic mass is 9.98. The number of hydrogen-bond acceptors (Lipinski definition) is 2. The summed E-state index contributed by atoms with van der Waals surface area (Å²) in [6.45, 7) is 9.20. The van der Waals surface area contributed by atoms with Gasteiger partial charge in [-0.1, -0.05) is 43.0 Å². The molecule has 22 heavy (non-hydrogen) atoms. The molecule has 1 aromatic carbocycles. The lowest BCUT2D eigenvalue weighted by molar-refractivity contribution is 0.959. The fraction of sp³-hybridized carbons (Fsp3) is 0.211. The van der Waals surface area contributed by atoms with Crippen LogP contribution in [-0.4, -0.2) is 17.2 Å². The number of allylic oxidation sites excluding steroid dienone is 5. The maximum absolute atomic E-state index is 3.95. The fourth-order valence-corrected chi connectivity index (χ4v) is 1.92. The minimum atomic E-state index is 1.09. The molecule has 116 valence electrons. The van der Waals surface area contributed by atoms with E-state index in [1.165, 1.54) is 11.1 Å². The Morgan fingerprint density at radius 2 is 2.05 bits per heavy atom. The minimum absolute atomic E-state index is 1.09. The summed E-state index contributed by atoms with van der Waals surface area (Å²) >= 11 is 0. The van der Waals surface area contributed by atoms with Crippen LogP contribution in [0.2, 0.25) is 0 Å². The van der Waals surface area contributed by atoms with Crippen LogP contribution in [0.3, 0.4) is 0 Å². The van der Waals surface area contributed by atoms with Gasteiger partial charge in [0.05, 0.1) is 11.7 Å². The topological polar surface area (TPSA) is 40.7 Å². The highest BCUT2D eigenvalue weighted by molar-refractivity contribution is 5.77. The fourth-order valence-electron chi connectivity index (χ4n) is 1.92. The highest BCUT2D eigenvalue weighted by Crippen LogP contribution is 2.19. The number of nitrogens with zero attached hydrogens (tertiary/aromatic N) is 1. The Bertz CT molecular complexity index is 617. The van der Waals surface area contributed by atoms with Crippen LogP contribution in [0, 0.1) is 0 Å². The van der Waals surface area contributed by atoms with E-state index in [0.717, 1.165) is 23.7 Å². The molecule has 1 heterocycles. The summed E-state index contributed by atoms with van der Waals surface area (Å²) in [5.41, 5.74) is 3.56. The number of H-pyrrole nitrogens is 1. The first-order valence-corrected chi connectivity index (χ1v) is 7.40. The first-order chi connectivity index (χ1) is 10.7. The van der Waals surface area contributed by atoms with Gasteiger partial charge >= 0.3 is 0 Å². The van der Waals surface area contributed by atoms with Crippen molar-refractivity contribution < 1.29 is 0 Å². The zero-order valence-corrected chi connectivity index (χ0v) is 13.5. The molecule has 2 aromatic rings. The van der Waals surface area contributed by atoms with Gasteiger partial charge in [0.15, 0.2) is 0 Å². The molecular formula is C19H25N3.